The van der Waals surface area contributed by atoms with Crippen LogP contribution in [0.2, 0.25) is 0 Å². The summed E-state index contributed by atoms with van der Waals surface area (Å²) < 4.78 is 0. The standard InChI is InChI=1S/C9H18N2/c1-2-6-10-8-4-5-9-11(10)7-3-1/h1-9H2. The first-order chi connectivity index (χ1) is 5.47. The van der Waals surface area contributed by atoms with Gasteiger partial charge in [-0.1, -0.05) is 6.42 Å². The molecule has 0 bridgehead atoms. The third-order valence-electron chi connectivity index (χ3n) is 2.81. The average molecular weight is 154 g/mol. The highest BCUT2D eigenvalue weighted by Crippen LogP contribution is 2.16. The molecule has 0 aliphatic carbocycles. The Bertz CT molecular complexity index is 111. The minimum Gasteiger partial charge on any atom is -0.242 e. The van der Waals surface area contributed by atoms with E-state index < -0.39 is 0 Å². The lowest BCUT2D eigenvalue weighted by atomic mass is 10.2. The van der Waals surface area contributed by atoms with Gasteiger partial charge >= 0.3 is 0 Å². The summed E-state index contributed by atoms with van der Waals surface area (Å²) in [5.41, 5.74) is 0. The molecule has 0 radical (unpaired) electrons. The second-order valence-electron chi connectivity index (χ2n) is 3.68. The molecule has 0 spiro atoms. The molecule has 0 unspecified atom stereocenters. The summed E-state index contributed by atoms with van der Waals surface area (Å²) in [6.07, 6.45) is 7.09. The van der Waals surface area contributed by atoms with E-state index >= 15 is 0 Å². The van der Waals surface area contributed by atoms with Gasteiger partial charge in [0.1, 0.15) is 0 Å². The zero-order valence-corrected chi connectivity index (χ0v) is 7.26. The first-order valence-corrected chi connectivity index (χ1v) is 4.96. The zero-order chi connectivity index (χ0) is 7.52. The summed E-state index contributed by atoms with van der Waals surface area (Å²) in [6, 6.07) is 0. The van der Waals surface area contributed by atoms with Gasteiger partial charge in [-0.25, -0.2) is 10.0 Å². The fourth-order valence-corrected chi connectivity index (χ4v) is 2.14. The first kappa shape index (κ1) is 7.56. The Morgan fingerprint density at radius 3 is 1.27 bits per heavy atom. The zero-order valence-electron chi connectivity index (χ0n) is 7.26. The van der Waals surface area contributed by atoms with Crippen molar-refractivity contribution in [3.63, 3.8) is 0 Å². The Kier molecular flexibility index (Phi) is 2.44. The van der Waals surface area contributed by atoms with Crippen molar-refractivity contribution >= 4 is 0 Å². The Balaban J connectivity index is 1.93. The van der Waals surface area contributed by atoms with E-state index in [1.165, 1.54) is 58.3 Å². The van der Waals surface area contributed by atoms with E-state index in [9.17, 15) is 0 Å². The van der Waals surface area contributed by atoms with Gasteiger partial charge in [0.25, 0.3) is 0 Å². The molecule has 2 nitrogen and oxygen atoms in total. The van der Waals surface area contributed by atoms with E-state index in [1.807, 2.05) is 0 Å². The molecule has 11 heavy (non-hydrogen) atoms. The van der Waals surface area contributed by atoms with Crippen molar-refractivity contribution in [1.82, 2.24) is 10.0 Å². The maximum absolute atomic E-state index is 2.57. The maximum Gasteiger partial charge on any atom is 0.0133 e. The smallest absolute Gasteiger partial charge is 0.0133 e. The van der Waals surface area contributed by atoms with E-state index in [2.05, 4.69) is 10.0 Å². The molecule has 2 aliphatic heterocycles. The van der Waals surface area contributed by atoms with Crippen molar-refractivity contribution in [2.24, 2.45) is 0 Å². The van der Waals surface area contributed by atoms with Crippen LogP contribution in [0.1, 0.15) is 32.1 Å². The monoisotopic (exact) mass is 154 g/mol. The van der Waals surface area contributed by atoms with Crippen molar-refractivity contribution in [2.75, 3.05) is 26.2 Å². The third kappa shape index (κ3) is 1.74. The van der Waals surface area contributed by atoms with Crippen molar-refractivity contribution in [2.45, 2.75) is 32.1 Å². The van der Waals surface area contributed by atoms with Crippen molar-refractivity contribution in [1.29, 1.82) is 0 Å². The fraction of sp³-hybridized carbons (Fsp3) is 1.00. The van der Waals surface area contributed by atoms with E-state index in [-0.39, 0.29) is 0 Å². The molecular weight excluding hydrogens is 136 g/mol. The summed E-state index contributed by atoms with van der Waals surface area (Å²) in [4.78, 5) is 0. The van der Waals surface area contributed by atoms with Crippen LogP contribution in [0.25, 0.3) is 0 Å². The molecule has 0 aromatic carbocycles. The van der Waals surface area contributed by atoms with Gasteiger partial charge in [-0.15, -0.1) is 0 Å². The van der Waals surface area contributed by atoms with E-state index in [1.54, 1.807) is 0 Å². The van der Waals surface area contributed by atoms with Gasteiger partial charge < -0.3 is 0 Å². The Morgan fingerprint density at radius 1 is 0.455 bits per heavy atom. The molecule has 0 aromatic heterocycles. The number of hydrogen-bond donors (Lipinski definition) is 0. The largest absolute Gasteiger partial charge is 0.242 e. The van der Waals surface area contributed by atoms with Crippen LogP contribution in [0.3, 0.4) is 0 Å². The van der Waals surface area contributed by atoms with Gasteiger partial charge in [-0.3, -0.25) is 0 Å². The minimum absolute atomic E-state index is 1.32. The Labute approximate surface area is 69.1 Å². The molecule has 0 amide bonds. The first-order valence-electron chi connectivity index (χ1n) is 4.96. The van der Waals surface area contributed by atoms with E-state index in [0.29, 0.717) is 0 Å². The molecule has 0 N–H and O–H groups in total. The van der Waals surface area contributed by atoms with Crippen LogP contribution in [0.5, 0.6) is 0 Å². The van der Waals surface area contributed by atoms with Crippen molar-refractivity contribution in [3.05, 3.63) is 0 Å². The summed E-state index contributed by atoms with van der Waals surface area (Å²) >= 11 is 0. The molecule has 2 heterocycles. The molecule has 64 valence electrons. The molecule has 0 aromatic rings. The minimum atomic E-state index is 1.32. The predicted octanol–water partition coefficient (Wildman–Crippen LogP) is 1.48. The van der Waals surface area contributed by atoms with Crippen molar-refractivity contribution < 1.29 is 0 Å². The fourth-order valence-electron chi connectivity index (χ4n) is 2.14. The highest BCUT2D eigenvalue weighted by Gasteiger charge is 2.20. The van der Waals surface area contributed by atoms with E-state index in [4.69, 9.17) is 0 Å². The molecule has 0 saturated carbocycles. The van der Waals surface area contributed by atoms with Crippen LogP contribution < -0.4 is 0 Å². The highest BCUT2D eigenvalue weighted by molar-refractivity contribution is 4.68. The Morgan fingerprint density at radius 2 is 0.818 bits per heavy atom. The summed E-state index contributed by atoms with van der Waals surface area (Å²) in [6.45, 7) is 5.28. The normalized spacial score (nSPS) is 29.5. The van der Waals surface area contributed by atoms with Gasteiger partial charge in [0.2, 0.25) is 0 Å². The lowest BCUT2D eigenvalue weighted by molar-refractivity contribution is -0.0414. The molecule has 2 saturated heterocycles. The molecule has 2 heteroatoms. The second-order valence-corrected chi connectivity index (χ2v) is 3.68. The number of hydrogen-bond acceptors (Lipinski definition) is 2. The van der Waals surface area contributed by atoms with E-state index in [0.717, 1.165) is 0 Å². The van der Waals surface area contributed by atoms with Crippen LogP contribution >= 0.6 is 0 Å². The van der Waals surface area contributed by atoms with Crippen LogP contribution in [0, 0.1) is 0 Å². The van der Waals surface area contributed by atoms with Gasteiger partial charge in [0, 0.05) is 26.2 Å². The van der Waals surface area contributed by atoms with Gasteiger partial charge in [-0.05, 0) is 25.7 Å². The number of hydrazine groups is 1. The SMILES string of the molecule is C1CCN2CCCCN2CC1. The number of rotatable bonds is 0. The number of nitrogens with zero attached hydrogens (tertiary/aromatic N) is 2. The lowest BCUT2D eigenvalue weighted by Crippen LogP contribution is -2.46. The van der Waals surface area contributed by atoms with Crippen molar-refractivity contribution in [3.8, 4) is 0 Å². The summed E-state index contributed by atoms with van der Waals surface area (Å²) in [5, 5.41) is 5.13. The lowest BCUT2D eigenvalue weighted by Gasteiger charge is -2.37. The van der Waals surface area contributed by atoms with Gasteiger partial charge in [0.15, 0.2) is 0 Å². The van der Waals surface area contributed by atoms with Crippen LogP contribution in [-0.2, 0) is 0 Å². The molecule has 0 atom stereocenters. The second kappa shape index (κ2) is 3.55. The summed E-state index contributed by atoms with van der Waals surface area (Å²) in [7, 11) is 0. The molecular formula is C9H18N2. The third-order valence-corrected chi connectivity index (χ3v) is 2.81. The average Bonchev–Trinajstić information content (AvgIpc) is 2.28. The molecule has 2 rings (SSSR count). The molecule has 2 aliphatic rings. The summed E-state index contributed by atoms with van der Waals surface area (Å²) in [5.74, 6) is 0. The van der Waals surface area contributed by atoms with Gasteiger partial charge in [-0.2, -0.15) is 0 Å². The highest BCUT2D eigenvalue weighted by atomic mass is 15.6. The van der Waals surface area contributed by atoms with Crippen LogP contribution in [0.4, 0.5) is 0 Å². The van der Waals surface area contributed by atoms with Gasteiger partial charge in [0.05, 0.1) is 0 Å². The Hall–Kier alpha value is -0.0800. The number of fused-ring (bicyclic) bond motifs is 1. The van der Waals surface area contributed by atoms with Crippen LogP contribution in [0.15, 0.2) is 0 Å². The quantitative estimate of drug-likeness (QED) is 0.521. The maximum atomic E-state index is 2.57. The predicted molar refractivity (Wildman–Crippen MR) is 46.2 cm³/mol. The topological polar surface area (TPSA) is 6.48 Å². The van der Waals surface area contributed by atoms with Crippen LogP contribution in [-0.4, -0.2) is 36.2 Å². The molecule has 2 fully saturated rings.